The highest BCUT2D eigenvalue weighted by molar-refractivity contribution is 5.90. The van der Waals surface area contributed by atoms with Crippen LogP contribution >= 0.6 is 0 Å². The lowest BCUT2D eigenvalue weighted by atomic mass is 9.99. The summed E-state index contributed by atoms with van der Waals surface area (Å²) in [6.45, 7) is 3.34. The van der Waals surface area contributed by atoms with Crippen LogP contribution in [0.1, 0.15) is 34.3 Å². The van der Waals surface area contributed by atoms with Gasteiger partial charge in [0, 0.05) is 19.0 Å². The van der Waals surface area contributed by atoms with Crippen molar-refractivity contribution in [2.24, 2.45) is 0 Å². The Morgan fingerprint density at radius 1 is 1.04 bits per heavy atom. The Bertz CT molecular complexity index is 873. The van der Waals surface area contributed by atoms with Crippen LogP contribution in [0.3, 0.4) is 0 Å². The summed E-state index contributed by atoms with van der Waals surface area (Å²) in [7, 11) is 0. The normalized spacial score (nSPS) is 17.0. The molecule has 5 nitrogen and oxygen atoms in total. The van der Waals surface area contributed by atoms with E-state index >= 15 is 0 Å². The standard InChI is InChI=1S/C20H20N4O/c1-15-21-19(22-24(15)18-10-6-3-7-11-18)20(25)23-13-12-17(14-23)16-8-4-2-5-9-16/h2-11,17H,12-14H2,1H3. The minimum absolute atomic E-state index is 0.0868. The molecule has 1 aliphatic rings. The Hall–Kier alpha value is -2.95. The van der Waals surface area contributed by atoms with Gasteiger partial charge in [0.05, 0.1) is 5.69 Å². The molecule has 0 bridgehead atoms. The van der Waals surface area contributed by atoms with Gasteiger partial charge in [0.25, 0.3) is 5.91 Å². The van der Waals surface area contributed by atoms with E-state index < -0.39 is 0 Å². The molecule has 25 heavy (non-hydrogen) atoms. The molecule has 1 amide bonds. The van der Waals surface area contributed by atoms with Crippen LogP contribution in [0.15, 0.2) is 60.7 Å². The number of carbonyl (C=O) groups is 1. The quantitative estimate of drug-likeness (QED) is 0.740. The summed E-state index contributed by atoms with van der Waals surface area (Å²) < 4.78 is 1.72. The Labute approximate surface area is 146 Å². The molecule has 1 atom stereocenters. The highest BCUT2D eigenvalue weighted by atomic mass is 16.2. The van der Waals surface area contributed by atoms with Crippen molar-refractivity contribution in [2.75, 3.05) is 13.1 Å². The maximum atomic E-state index is 12.8. The number of amides is 1. The van der Waals surface area contributed by atoms with Crippen LogP contribution < -0.4 is 0 Å². The van der Waals surface area contributed by atoms with Gasteiger partial charge in [0.2, 0.25) is 5.82 Å². The zero-order valence-electron chi connectivity index (χ0n) is 14.2. The fraction of sp³-hybridized carbons (Fsp3) is 0.250. The van der Waals surface area contributed by atoms with Crippen molar-refractivity contribution in [1.82, 2.24) is 19.7 Å². The van der Waals surface area contributed by atoms with E-state index in [0.29, 0.717) is 11.7 Å². The van der Waals surface area contributed by atoms with Crippen molar-refractivity contribution in [2.45, 2.75) is 19.3 Å². The van der Waals surface area contributed by atoms with Crippen LogP contribution in [0.2, 0.25) is 0 Å². The van der Waals surface area contributed by atoms with E-state index in [9.17, 15) is 4.79 Å². The van der Waals surface area contributed by atoms with E-state index in [1.807, 2.05) is 60.4 Å². The molecule has 1 saturated heterocycles. The molecule has 0 N–H and O–H groups in total. The summed E-state index contributed by atoms with van der Waals surface area (Å²) >= 11 is 0. The smallest absolute Gasteiger partial charge is 0.293 e. The maximum absolute atomic E-state index is 12.8. The molecule has 0 spiro atoms. The monoisotopic (exact) mass is 332 g/mol. The number of hydrogen-bond acceptors (Lipinski definition) is 3. The first-order valence-electron chi connectivity index (χ1n) is 8.55. The van der Waals surface area contributed by atoms with Crippen LogP contribution in [0, 0.1) is 6.92 Å². The molecule has 3 aromatic rings. The summed E-state index contributed by atoms with van der Waals surface area (Å²) in [4.78, 5) is 19.1. The van der Waals surface area contributed by atoms with Gasteiger partial charge in [-0.3, -0.25) is 4.79 Å². The molecule has 5 heteroatoms. The summed E-state index contributed by atoms with van der Waals surface area (Å²) in [5, 5.41) is 4.44. The number of para-hydroxylation sites is 1. The first-order chi connectivity index (χ1) is 12.2. The highest BCUT2D eigenvalue weighted by Crippen LogP contribution is 2.27. The van der Waals surface area contributed by atoms with E-state index in [0.717, 1.165) is 25.2 Å². The molecule has 2 aromatic carbocycles. The van der Waals surface area contributed by atoms with E-state index in [1.165, 1.54) is 5.56 Å². The number of carbonyl (C=O) groups excluding carboxylic acids is 1. The molecular weight excluding hydrogens is 312 g/mol. The predicted molar refractivity (Wildman–Crippen MR) is 95.8 cm³/mol. The van der Waals surface area contributed by atoms with Crippen molar-refractivity contribution in [3.8, 4) is 5.69 Å². The van der Waals surface area contributed by atoms with Gasteiger partial charge < -0.3 is 4.90 Å². The zero-order chi connectivity index (χ0) is 17.2. The third kappa shape index (κ3) is 3.05. The first-order valence-corrected chi connectivity index (χ1v) is 8.55. The number of aryl methyl sites for hydroxylation is 1. The molecule has 0 radical (unpaired) electrons. The average molecular weight is 332 g/mol. The molecule has 1 unspecified atom stereocenters. The lowest BCUT2D eigenvalue weighted by Gasteiger charge is -2.14. The van der Waals surface area contributed by atoms with Gasteiger partial charge in [-0.1, -0.05) is 48.5 Å². The Morgan fingerprint density at radius 2 is 1.72 bits per heavy atom. The van der Waals surface area contributed by atoms with Crippen LogP contribution in [-0.2, 0) is 0 Å². The van der Waals surface area contributed by atoms with Crippen LogP contribution in [0.5, 0.6) is 0 Å². The Kier molecular flexibility index (Phi) is 4.06. The fourth-order valence-corrected chi connectivity index (χ4v) is 3.38. The van der Waals surface area contributed by atoms with Crippen molar-refractivity contribution in [3.05, 3.63) is 77.9 Å². The second-order valence-electron chi connectivity index (χ2n) is 6.38. The minimum Gasteiger partial charge on any atom is -0.335 e. The fourth-order valence-electron chi connectivity index (χ4n) is 3.38. The van der Waals surface area contributed by atoms with Crippen molar-refractivity contribution >= 4 is 5.91 Å². The number of rotatable bonds is 3. The molecular formula is C20H20N4O. The number of aromatic nitrogens is 3. The minimum atomic E-state index is -0.0868. The van der Waals surface area contributed by atoms with Gasteiger partial charge in [-0.25, -0.2) is 9.67 Å². The first kappa shape index (κ1) is 15.6. The predicted octanol–water partition coefficient (Wildman–Crippen LogP) is 3.21. The van der Waals surface area contributed by atoms with Gasteiger partial charge in [-0.2, -0.15) is 0 Å². The van der Waals surface area contributed by atoms with Gasteiger partial charge in [-0.15, -0.1) is 5.10 Å². The Morgan fingerprint density at radius 3 is 2.44 bits per heavy atom. The SMILES string of the molecule is Cc1nc(C(=O)N2CCC(c3ccccc3)C2)nn1-c1ccccc1. The summed E-state index contributed by atoms with van der Waals surface area (Å²) in [5.74, 6) is 1.29. The van der Waals surface area contributed by atoms with Crippen molar-refractivity contribution in [3.63, 3.8) is 0 Å². The second-order valence-corrected chi connectivity index (χ2v) is 6.38. The highest BCUT2D eigenvalue weighted by Gasteiger charge is 2.30. The van der Waals surface area contributed by atoms with E-state index in [-0.39, 0.29) is 11.7 Å². The molecule has 2 heterocycles. The molecule has 1 aromatic heterocycles. The lowest BCUT2D eigenvalue weighted by Crippen LogP contribution is -2.29. The number of nitrogens with zero attached hydrogens (tertiary/aromatic N) is 4. The molecule has 0 saturated carbocycles. The lowest BCUT2D eigenvalue weighted by molar-refractivity contribution is 0.0778. The zero-order valence-corrected chi connectivity index (χ0v) is 14.2. The van der Waals surface area contributed by atoms with Gasteiger partial charge in [-0.05, 0) is 31.0 Å². The largest absolute Gasteiger partial charge is 0.335 e. The van der Waals surface area contributed by atoms with Gasteiger partial charge >= 0.3 is 0 Å². The maximum Gasteiger partial charge on any atom is 0.293 e. The molecule has 126 valence electrons. The molecule has 4 rings (SSSR count). The van der Waals surface area contributed by atoms with E-state index in [1.54, 1.807) is 4.68 Å². The van der Waals surface area contributed by atoms with Gasteiger partial charge in [0.1, 0.15) is 5.82 Å². The number of likely N-dealkylation sites (tertiary alicyclic amines) is 1. The average Bonchev–Trinajstić information content (AvgIpc) is 3.30. The summed E-state index contributed by atoms with van der Waals surface area (Å²) in [6.07, 6.45) is 0.980. The molecule has 1 fully saturated rings. The third-order valence-corrected chi connectivity index (χ3v) is 4.71. The molecule has 1 aliphatic heterocycles. The van der Waals surface area contributed by atoms with Crippen molar-refractivity contribution in [1.29, 1.82) is 0 Å². The van der Waals surface area contributed by atoms with Crippen LogP contribution in [-0.4, -0.2) is 38.7 Å². The van der Waals surface area contributed by atoms with Crippen LogP contribution in [0.4, 0.5) is 0 Å². The Balaban J connectivity index is 1.52. The second kappa shape index (κ2) is 6.51. The topological polar surface area (TPSA) is 51.0 Å². The summed E-state index contributed by atoms with van der Waals surface area (Å²) in [6, 6.07) is 20.1. The van der Waals surface area contributed by atoms with E-state index in [4.69, 9.17) is 0 Å². The van der Waals surface area contributed by atoms with Crippen molar-refractivity contribution < 1.29 is 4.79 Å². The number of hydrogen-bond donors (Lipinski definition) is 0. The number of benzene rings is 2. The van der Waals surface area contributed by atoms with Crippen LogP contribution in [0.25, 0.3) is 5.69 Å². The third-order valence-electron chi connectivity index (χ3n) is 4.71. The van der Waals surface area contributed by atoms with E-state index in [2.05, 4.69) is 22.2 Å². The van der Waals surface area contributed by atoms with Gasteiger partial charge in [0.15, 0.2) is 0 Å². The molecule has 0 aliphatic carbocycles. The summed E-state index contributed by atoms with van der Waals surface area (Å²) in [5.41, 5.74) is 2.20.